The Morgan fingerprint density at radius 1 is 1.29 bits per heavy atom. The number of halogens is 3. The molecule has 17 heavy (non-hydrogen) atoms. The highest BCUT2D eigenvalue weighted by Crippen LogP contribution is 2.26. The quantitative estimate of drug-likeness (QED) is 0.889. The number of benzene rings is 1. The second-order valence-corrected chi connectivity index (χ2v) is 3.83. The number of aliphatic hydroxyl groups excluding tert-OH is 1. The van der Waals surface area contributed by atoms with E-state index in [-0.39, 0.29) is 11.8 Å². The molecule has 2 N–H and O–H groups in total. The number of rotatable bonds is 3. The molecular weight excluding hydrogens is 250 g/mol. The lowest BCUT2D eigenvalue weighted by Crippen LogP contribution is -1.92. The first-order valence-corrected chi connectivity index (χ1v) is 5.30. The number of H-pyrrole nitrogens is 1. The molecule has 0 unspecified atom stereocenters. The Bertz CT molecular complexity index is 542. The number of aromatic amines is 1. The molecule has 0 aliphatic rings. The summed E-state index contributed by atoms with van der Waals surface area (Å²) in [6.07, 6.45) is 0.323. The van der Waals surface area contributed by atoms with Gasteiger partial charge in [0.05, 0.1) is 6.61 Å². The number of aromatic nitrogens is 2. The van der Waals surface area contributed by atoms with Crippen LogP contribution in [0.1, 0.15) is 5.82 Å². The van der Waals surface area contributed by atoms with Gasteiger partial charge in [0, 0.05) is 12.0 Å². The molecule has 1 heterocycles. The average molecular weight is 259 g/mol. The molecule has 1 aromatic carbocycles. The van der Waals surface area contributed by atoms with Crippen molar-refractivity contribution in [2.24, 2.45) is 0 Å². The maximum atomic E-state index is 13.1. The molecule has 0 saturated heterocycles. The van der Waals surface area contributed by atoms with Gasteiger partial charge in [0.2, 0.25) is 0 Å². The van der Waals surface area contributed by atoms with Gasteiger partial charge in [-0.2, -0.15) is 0 Å². The molecule has 0 bridgehead atoms. The fourth-order valence-corrected chi connectivity index (χ4v) is 1.72. The van der Waals surface area contributed by atoms with Crippen molar-refractivity contribution in [3.63, 3.8) is 0 Å². The average Bonchev–Trinajstić information content (AvgIpc) is 2.64. The Balaban J connectivity index is 2.41. The van der Waals surface area contributed by atoms with Gasteiger partial charge in [-0.05, 0) is 18.2 Å². The van der Waals surface area contributed by atoms with Crippen LogP contribution in [0.15, 0.2) is 18.2 Å². The van der Waals surface area contributed by atoms with Crippen LogP contribution in [0.5, 0.6) is 0 Å². The van der Waals surface area contributed by atoms with Crippen LogP contribution in [0.25, 0.3) is 11.3 Å². The summed E-state index contributed by atoms with van der Waals surface area (Å²) in [6.45, 7) is -0.0684. The number of imidazole rings is 1. The van der Waals surface area contributed by atoms with E-state index in [0.717, 1.165) is 12.1 Å². The van der Waals surface area contributed by atoms with E-state index in [1.54, 1.807) is 0 Å². The van der Waals surface area contributed by atoms with Crippen molar-refractivity contribution in [2.45, 2.75) is 6.42 Å². The molecule has 3 nitrogen and oxygen atoms in total. The monoisotopic (exact) mass is 258 g/mol. The summed E-state index contributed by atoms with van der Waals surface area (Å²) in [6, 6.07) is 3.44. The molecule has 1 aromatic heterocycles. The second-order valence-electron chi connectivity index (χ2n) is 3.45. The molecule has 0 amide bonds. The zero-order valence-electron chi connectivity index (χ0n) is 8.67. The standard InChI is InChI=1S/C11H9ClF2N2O/c12-11-10(15-9(16-11)3-4-17)6-1-2-7(13)8(14)5-6/h1-2,5,17H,3-4H2,(H,15,16). The van der Waals surface area contributed by atoms with Gasteiger partial charge in [0.25, 0.3) is 0 Å². The van der Waals surface area contributed by atoms with Crippen LogP contribution in [0.2, 0.25) is 5.15 Å². The molecule has 0 fully saturated rings. The topological polar surface area (TPSA) is 48.9 Å². The van der Waals surface area contributed by atoms with Crippen LogP contribution < -0.4 is 0 Å². The van der Waals surface area contributed by atoms with Crippen molar-refractivity contribution in [2.75, 3.05) is 6.61 Å². The lowest BCUT2D eigenvalue weighted by molar-refractivity contribution is 0.297. The molecule has 0 aliphatic heterocycles. The molecule has 0 saturated carbocycles. The fourth-order valence-electron chi connectivity index (χ4n) is 1.46. The van der Waals surface area contributed by atoms with Gasteiger partial charge in [0.1, 0.15) is 16.7 Å². The normalized spacial score (nSPS) is 10.8. The lowest BCUT2D eigenvalue weighted by atomic mass is 10.1. The third-order valence-electron chi connectivity index (χ3n) is 2.25. The van der Waals surface area contributed by atoms with Gasteiger partial charge >= 0.3 is 0 Å². The predicted octanol–water partition coefficient (Wildman–Crippen LogP) is 2.54. The molecule has 2 rings (SSSR count). The van der Waals surface area contributed by atoms with Crippen LogP contribution in [0.3, 0.4) is 0 Å². The fraction of sp³-hybridized carbons (Fsp3) is 0.182. The third kappa shape index (κ3) is 2.45. The van der Waals surface area contributed by atoms with E-state index >= 15 is 0 Å². The minimum absolute atomic E-state index is 0.0684. The Kier molecular flexibility index (Phi) is 3.40. The molecule has 0 aliphatic carbocycles. The molecular formula is C11H9ClF2N2O. The summed E-state index contributed by atoms with van der Waals surface area (Å²) < 4.78 is 25.8. The van der Waals surface area contributed by atoms with E-state index in [4.69, 9.17) is 16.7 Å². The number of aliphatic hydroxyl groups is 1. The van der Waals surface area contributed by atoms with Gasteiger partial charge in [-0.3, -0.25) is 0 Å². The predicted molar refractivity (Wildman–Crippen MR) is 59.7 cm³/mol. The van der Waals surface area contributed by atoms with Gasteiger partial charge in [-0.1, -0.05) is 11.6 Å². The first-order chi connectivity index (χ1) is 8.11. The summed E-state index contributed by atoms with van der Waals surface area (Å²) in [5.41, 5.74) is 0.725. The zero-order valence-corrected chi connectivity index (χ0v) is 9.43. The molecule has 0 spiro atoms. The van der Waals surface area contributed by atoms with Crippen molar-refractivity contribution in [1.29, 1.82) is 0 Å². The summed E-state index contributed by atoms with van der Waals surface area (Å²) >= 11 is 5.89. The van der Waals surface area contributed by atoms with Crippen LogP contribution in [-0.2, 0) is 6.42 Å². The first-order valence-electron chi connectivity index (χ1n) is 4.92. The van der Waals surface area contributed by atoms with Crippen molar-refractivity contribution in [3.05, 3.63) is 40.8 Å². The van der Waals surface area contributed by atoms with E-state index in [9.17, 15) is 8.78 Å². The van der Waals surface area contributed by atoms with E-state index < -0.39 is 11.6 Å². The smallest absolute Gasteiger partial charge is 0.159 e. The number of nitrogens with zero attached hydrogens (tertiary/aromatic N) is 1. The molecule has 2 aromatic rings. The Morgan fingerprint density at radius 3 is 2.71 bits per heavy atom. The van der Waals surface area contributed by atoms with E-state index in [1.807, 2.05) is 0 Å². The second kappa shape index (κ2) is 4.81. The van der Waals surface area contributed by atoms with Gasteiger partial charge in [-0.15, -0.1) is 0 Å². The van der Waals surface area contributed by atoms with Crippen molar-refractivity contribution < 1.29 is 13.9 Å². The summed E-state index contributed by atoms with van der Waals surface area (Å²) in [7, 11) is 0. The molecule has 0 atom stereocenters. The van der Waals surface area contributed by atoms with Crippen LogP contribution >= 0.6 is 11.6 Å². The molecule has 6 heteroatoms. The van der Waals surface area contributed by atoms with Gasteiger partial charge < -0.3 is 10.1 Å². The largest absolute Gasteiger partial charge is 0.396 e. The van der Waals surface area contributed by atoms with E-state index in [2.05, 4.69) is 9.97 Å². The Hall–Kier alpha value is -1.46. The highest BCUT2D eigenvalue weighted by Gasteiger charge is 2.12. The van der Waals surface area contributed by atoms with E-state index in [0.29, 0.717) is 23.5 Å². The molecule has 0 radical (unpaired) electrons. The zero-order chi connectivity index (χ0) is 12.4. The maximum absolute atomic E-state index is 13.1. The Morgan fingerprint density at radius 2 is 2.06 bits per heavy atom. The number of nitrogens with one attached hydrogen (secondary N) is 1. The van der Waals surface area contributed by atoms with Gasteiger partial charge in [-0.25, -0.2) is 13.8 Å². The van der Waals surface area contributed by atoms with Crippen LogP contribution in [0, 0.1) is 11.6 Å². The SMILES string of the molecule is OCCc1nc(-c2ccc(F)c(F)c2)c(Cl)[nH]1. The molecule has 90 valence electrons. The minimum atomic E-state index is -0.953. The van der Waals surface area contributed by atoms with Crippen molar-refractivity contribution in [1.82, 2.24) is 9.97 Å². The highest BCUT2D eigenvalue weighted by atomic mass is 35.5. The lowest BCUT2D eigenvalue weighted by Gasteiger charge is -1.98. The number of hydrogen-bond acceptors (Lipinski definition) is 2. The first kappa shape index (κ1) is 12.0. The van der Waals surface area contributed by atoms with Crippen LogP contribution in [-0.4, -0.2) is 21.7 Å². The van der Waals surface area contributed by atoms with Crippen molar-refractivity contribution >= 4 is 11.6 Å². The summed E-state index contributed by atoms with van der Waals surface area (Å²) in [5.74, 6) is -1.38. The highest BCUT2D eigenvalue weighted by molar-refractivity contribution is 6.31. The number of hydrogen-bond donors (Lipinski definition) is 2. The maximum Gasteiger partial charge on any atom is 0.159 e. The third-order valence-corrected chi connectivity index (χ3v) is 2.52. The summed E-state index contributed by atoms with van der Waals surface area (Å²) in [4.78, 5) is 6.86. The van der Waals surface area contributed by atoms with Gasteiger partial charge in [0.15, 0.2) is 11.6 Å². The minimum Gasteiger partial charge on any atom is -0.396 e. The Labute approximate surface area is 101 Å². The van der Waals surface area contributed by atoms with Crippen molar-refractivity contribution in [3.8, 4) is 11.3 Å². The van der Waals surface area contributed by atoms with Crippen LogP contribution in [0.4, 0.5) is 8.78 Å². The van der Waals surface area contributed by atoms with E-state index in [1.165, 1.54) is 6.07 Å². The summed E-state index contributed by atoms with van der Waals surface area (Å²) in [5, 5.41) is 8.99.